The lowest BCUT2D eigenvalue weighted by molar-refractivity contribution is -0.117. The Hall–Kier alpha value is -3.86. The molecule has 0 spiro atoms. The van der Waals surface area contributed by atoms with E-state index >= 15 is 0 Å². The lowest BCUT2D eigenvalue weighted by atomic mass is 10.2. The maximum absolute atomic E-state index is 13.3. The summed E-state index contributed by atoms with van der Waals surface area (Å²) in [7, 11) is 0. The Morgan fingerprint density at radius 1 is 1.09 bits per heavy atom. The van der Waals surface area contributed by atoms with Crippen LogP contribution in [-0.2, 0) is 16.1 Å². The minimum absolute atomic E-state index is 0.260. The number of fused-ring (bicyclic) bond motifs is 3. The number of hydrogen-bond donors (Lipinski definition) is 1. The van der Waals surface area contributed by atoms with Crippen molar-refractivity contribution in [1.29, 1.82) is 0 Å². The standard InChI is InChI=1S/C24H24N6O4S/c1-2-34-23(32)16-7-9-17(10-8-16)25-20(31)15-29-24(33)30-19-6-4-3-5-18(19)26-21(22(30)27-29)28-11-13-35-14-12-28/h3-10H,2,11-15H2,1H3,(H,25,31). The van der Waals surface area contributed by atoms with Crippen molar-refractivity contribution < 1.29 is 14.3 Å². The van der Waals surface area contributed by atoms with Crippen LogP contribution < -0.4 is 15.9 Å². The highest BCUT2D eigenvalue weighted by atomic mass is 32.2. The van der Waals surface area contributed by atoms with Gasteiger partial charge in [-0.1, -0.05) is 12.1 Å². The predicted octanol–water partition coefficient (Wildman–Crippen LogP) is 2.41. The molecule has 1 amide bonds. The van der Waals surface area contributed by atoms with Gasteiger partial charge in [-0.2, -0.15) is 11.8 Å². The second-order valence-corrected chi connectivity index (χ2v) is 9.19. The van der Waals surface area contributed by atoms with Crippen LogP contribution in [0.5, 0.6) is 0 Å². The molecule has 1 N–H and O–H groups in total. The van der Waals surface area contributed by atoms with Crippen LogP contribution in [0.15, 0.2) is 53.3 Å². The van der Waals surface area contributed by atoms with Crippen LogP contribution in [0.2, 0.25) is 0 Å². The third-order valence-corrected chi connectivity index (χ3v) is 6.61. The Morgan fingerprint density at radius 2 is 1.83 bits per heavy atom. The number of amides is 1. The first-order valence-corrected chi connectivity index (χ1v) is 12.5. The van der Waals surface area contributed by atoms with E-state index in [1.54, 1.807) is 31.2 Å². The summed E-state index contributed by atoms with van der Waals surface area (Å²) in [4.78, 5) is 44.8. The number of aromatic nitrogens is 4. The Kier molecular flexibility index (Phi) is 6.41. The molecule has 180 valence electrons. The number of para-hydroxylation sites is 2. The van der Waals surface area contributed by atoms with Gasteiger partial charge in [0.25, 0.3) is 0 Å². The first-order chi connectivity index (χ1) is 17.0. The van der Waals surface area contributed by atoms with Crippen LogP contribution in [0.3, 0.4) is 0 Å². The number of carbonyl (C=O) groups is 2. The fraction of sp³-hybridized carbons (Fsp3) is 0.292. The van der Waals surface area contributed by atoms with Gasteiger partial charge >= 0.3 is 11.7 Å². The molecule has 0 atom stereocenters. The molecule has 35 heavy (non-hydrogen) atoms. The molecule has 11 heteroatoms. The zero-order valence-electron chi connectivity index (χ0n) is 19.1. The van der Waals surface area contributed by atoms with Gasteiger partial charge in [-0.25, -0.2) is 23.7 Å². The summed E-state index contributed by atoms with van der Waals surface area (Å²) in [6.45, 7) is 3.39. The van der Waals surface area contributed by atoms with E-state index in [0.29, 0.717) is 33.7 Å². The van der Waals surface area contributed by atoms with Gasteiger partial charge in [0, 0.05) is 30.3 Å². The highest BCUT2D eigenvalue weighted by Crippen LogP contribution is 2.24. The van der Waals surface area contributed by atoms with Crippen molar-refractivity contribution in [2.75, 3.05) is 41.4 Å². The summed E-state index contributed by atoms with van der Waals surface area (Å²) in [5.41, 5.74) is 2.26. The number of esters is 1. The van der Waals surface area contributed by atoms with E-state index in [2.05, 4.69) is 15.3 Å². The maximum atomic E-state index is 13.3. The minimum Gasteiger partial charge on any atom is -0.462 e. The molecule has 4 aromatic rings. The molecule has 10 nitrogen and oxygen atoms in total. The molecule has 2 aromatic carbocycles. The van der Waals surface area contributed by atoms with E-state index in [9.17, 15) is 14.4 Å². The van der Waals surface area contributed by atoms with Crippen molar-refractivity contribution in [2.24, 2.45) is 0 Å². The highest BCUT2D eigenvalue weighted by Gasteiger charge is 2.22. The van der Waals surface area contributed by atoms with Gasteiger partial charge in [-0.3, -0.25) is 4.79 Å². The van der Waals surface area contributed by atoms with Gasteiger partial charge in [0.2, 0.25) is 11.6 Å². The third kappa shape index (κ3) is 4.59. The number of hydrogen-bond acceptors (Lipinski definition) is 8. The molecule has 1 saturated heterocycles. The maximum Gasteiger partial charge on any atom is 0.351 e. The predicted molar refractivity (Wildman–Crippen MR) is 135 cm³/mol. The second-order valence-electron chi connectivity index (χ2n) is 7.97. The Bertz CT molecular complexity index is 1460. The summed E-state index contributed by atoms with van der Waals surface area (Å²) in [5.74, 6) is 1.76. The Morgan fingerprint density at radius 3 is 2.57 bits per heavy atom. The molecule has 0 aliphatic carbocycles. The molecule has 0 saturated carbocycles. The third-order valence-electron chi connectivity index (χ3n) is 5.67. The van der Waals surface area contributed by atoms with Crippen molar-refractivity contribution in [2.45, 2.75) is 13.5 Å². The lowest BCUT2D eigenvalue weighted by Gasteiger charge is -2.27. The summed E-state index contributed by atoms with van der Waals surface area (Å²) in [6.07, 6.45) is 0. The van der Waals surface area contributed by atoms with E-state index in [1.807, 2.05) is 36.0 Å². The van der Waals surface area contributed by atoms with Crippen molar-refractivity contribution in [3.8, 4) is 0 Å². The largest absolute Gasteiger partial charge is 0.462 e. The van der Waals surface area contributed by atoms with Gasteiger partial charge in [0.1, 0.15) is 6.54 Å². The zero-order valence-corrected chi connectivity index (χ0v) is 20.0. The summed E-state index contributed by atoms with van der Waals surface area (Å²) >= 11 is 1.88. The van der Waals surface area contributed by atoms with E-state index in [-0.39, 0.29) is 13.2 Å². The van der Waals surface area contributed by atoms with Crippen LogP contribution in [0.4, 0.5) is 11.5 Å². The van der Waals surface area contributed by atoms with Gasteiger partial charge in [0.05, 0.1) is 23.2 Å². The van der Waals surface area contributed by atoms with E-state index in [1.165, 1.54) is 4.40 Å². The Balaban J connectivity index is 1.44. The monoisotopic (exact) mass is 492 g/mol. The van der Waals surface area contributed by atoms with E-state index < -0.39 is 17.6 Å². The number of anilines is 2. The van der Waals surface area contributed by atoms with E-state index in [0.717, 1.165) is 29.3 Å². The molecule has 3 heterocycles. The van der Waals surface area contributed by atoms with Crippen LogP contribution in [0.25, 0.3) is 16.7 Å². The quantitative estimate of drug-likeness (QED) is 0.409. The molecule has 0 bridgehead atoms. The smallest absolute Gasteiger partial charge is 0.351 e. The number of carbonyl (C=O) groups excluding carboxylic acids is 2. The first kappa shape index (κ1) is 22.9. The van der Waals surface area contributed by atoms with Crippen molar-refractivity contribution >= 4 is 51.8 Å². The van der Waals surface area contributed by atoms with Crippen molar-refractivity contribution in [3.63, 3.8) is 0 Å². The number of rotatable bonds is 6. The van der Waals surface area contributed by atoms with Crippen molar-refractivity contribution in [1.82, 2.24) is 19.2 Å². The topological polar surface area (TPSA) is 111 Å². The fourth-order valence-electron chi connectivity index (χ4n) is 4.01. The van der Waals surface area contributed by atoms with Gasteiger partial charge in [-0.05, 0) is 43.3 Å². The fourth-order valence-corrected chi connectivity index (χ4v) is 4.92. The molecule has 1 aliphatic heterocycles. The number of benzene rings is 2. The van der Waals surface area contributed by atoms with Crippen LogP contribution in [0.1, 0.15) is 17.3 Å². The molecule has 2 aromatic heterocycles. The highest BCUT2D eigenvalue weighted by molar-refractivity contribution is 7.99. The normalized spacial score (nSPS) is 13.8. The number of ether oxygens (including phenoxy) is 1. The number of thioether (sulfide) groups is 1. The van der Waals surface area contributed by atoms with Gasteiger partial charge < -0.3 is 15.0 Å². The first-order valence-electron chi connectivity index (χ1n) is 11.3. The average Bonchev–Trinajstić information content (AvgIpc) is 3.20. The van der Waals surface area contributed by atoms with Crippen molar-refractivity contribution in [3.05, 3.63) is 64.6 Å². The zero-order chi connectivity index (χ0) is 24.4. The lowest BCUT2D eigenvalue weighted by Crippen LogP contribution is -2.33. The summed E-state index contributed by atoms with van der Waals surface area (Å²) in [6, 6.07) is 13.8. The second kappa shape index (κ2) is 9.79. The van der Waals surface area contributed by atoms with Crippen LogP contribution in [-0.4, -0.2) is 62.2 Å². The SMILES string of the molecule is CCOC(=O)c1ccc(NC(=O)Cn2nc3c(N4CCSCC4)nc4ccccc4n3c2=O)cc1. The summed E-state index contributed by atoms with van der Waals surface area (Å²) in [5, 5.41) is 7.26. The van der Waals surface area contributed by atoms with Gasteiger partial charge in [0.15, 0.2) is 5.82 Å². The molecule has 5 rings (SSSR count). The minimum atomic E-state index is -0.425. The number of nitrogens with zero attached hydrogens (tertiary/aromatic N) is 5. The van der Waals surface area contributed by atoms with Crippen LogP contribution >= 0.6 is 11.8 Å². The Labute approximate surface area is 204 Å². The average molecular weight is 493 g/mol. The molecule has 0 radical (unpaired) electrons. The van der Waals surface area contributed by atoms with E-state index in [4.69, 9.17) is 9.72 Å². The molecule has 1 fully saturated rings. The van der Waals surface area contributed by atoms with Crippen LogP contribution in [0, 0.1) is 0 Å². The summed E-state index contributed by atoms with van der Waals surface area (Å²) < 4.78 is 7.66. The van der Waals surface area contributed by atoms with Gasteiger partial charge in [-0.15, -0.1) is 5.10 Å². The molecule has 1 aliphatic rings. The molecule has 0 unspecified atom stereocenters. The molecular weight excluding hydrogens is 468 g/mol. The molecular formula is C24H24N6O4S. The number of nitrogens with one attached hydrogen (secondary N) is 1.